The average Bonchev–Trinajstić information content (AvgIpc) is 2.93. The second-order valence-corrected chi connectivity index (χ2v) is 7.95. The first kappa shape index (κ1) is 20.3. The number of hydrogen-bond donors (Lipinski definition) is 1. The van der Waals surface area contributed by atoms with Crippen molar-refractivity contribution in [3.63, 3.8) is 0 Å². The van der Waals surface area contributed by atoms with Crippen molar-refractivity contribution in [1.82, 2.24) is 9.61 Å². The molecule has 0 aliphatic carbocycles. The topological polar surface area (TPSA) is 108 Å². The Morgan fingerprint density at radius 1 is 1.46 bits per heavy atom. The number of halogens is 4. The lowest BCUT2D eigenvalue weighted by Crippen LogP contribution is -2.65. The third kappa shape index (κ3) is 3.50. The first-order valence-corrected chi connectivity index (χ1v) is 9.49. The number of alkyl halides is 3. The van der Waals surface area contributed by atoms with Crippen LogP contribution in [-0.2, 0) is 14.9 Å². The van der Waals surface area contributed by atoms with Gasteiger partial charge in [0.2, 0.25) is 0 Å². The first-order valence-electron chi connectivity index (χ1n) is 7.88. The molecule has 0 bridgehead atoms. The Bertz CT molecular complexity index is 1060. The molecule has 1 N–H and O–H groups in total. The zero-order valence-electron chi connectivity index (χ0n) is 14.3. The molecule has 13 heteroatoms. The summed E-state index contributed by atoms with van der Waals surface area (Å²) in [5, 5.41) is 12.8. The number of pyridine rings is 1. The van der Waals surface area contributed by atoms with Gasteiger partial charge in [0.1, 0.15) is 23.0 Å². The van der Waals surface area contributed by atoms with Gasteiger partial charge in [-0.15, -0.1) is 0 Å². The van der Waals surface area contributed by atoms with Crippen molar-refractivity contribution < 1.29 is 35.3 Å². The van der Waals surface area contributed by atoms with Gasteiger partial charge in [-0.05, 0) is 19.1 Å². The molecule has 0 unspecified atom stereocenters. The molecule has 1 aliphatic rings. The number of morpholine rings is 1. The Morgan fingerprint density at radius 3 is 2.71 bits per heavy atom. The van der Waals surface area contributed by atoms with E-state index in [2.05, 4.69) is 5.10 Å². The molecule has 3 heterocycles. The fraction of sp³-hybridized carbons (Fsp3) is 0.467. The molecule has 0 spiro atoms. The van der Waals surface area contributed by atoms with E-state index in [0.29, 0.717) is 0 Å². The third-order valence-electron chi connectivity index (χ3n) is 4.33. The van der Waals surface area contributed by atoms with Gasteiger partial charge in [0, 0.05) is 6.54 Å². The van der Waals surface area contributed by atoms with Gasteiger partial charge in [-0.1, -0.05) is 0 Å². The van der Waals surface area contributed by atoms with Crippen LogP contribution < -0.4 is 4.90 Å². The second kappa shape index (κ2) is 6.57. The van der Waals surface area contributed by atoms with Gasteiger partial charge in [0.15, 0.2) is 11.4 Å². The number of rotatable bonds is 3. The lowest BCUT2D eigenvalue weighted by atomic mass is 10.0. The molecule has 2 atom stereocenters. The lowest BCUT2D eigenvalue weighted by Gasteiger charge is -2.46. The first-order chi connectivity index (χ1) is 12.9. The van der Waals surface area contributed by atoms with Crippen molar-refractivity contribution in [2.75, 3.05) is 23.7 Å². The fourth-order valence-electron chi connectivity index (χ4n) is 3.33. The molecule has 1 saturated heterocycles. The van der Waals surface area contributed by atoms with E-state index in [0.717, 1.165) is 15.6 Å². The van der Waals surface area contributed by atoms with Crippen LogP contribution >= 0.6 is 0 Å². The molecule has 1 aliphatic heterocycles. The highest BCUT2D eigenvalue weighted by atomic mass is 32.2. The summed E-state index contributed by atoms with van der Waals surface area (Å²) in [4.78, 5) is 1.11. The molecule has 28 heavy (non-hydrogen) atoms. The van der Waals surface area contributed by atoms with Crippen molar-refractivity contribution in [3.05, 3.63) is 29.8 Å². The van der Waals surface area contributed by atoms with Crippen molar-refractivity contribution >= 4 is 21.3 Å². The van der Waals surface area contributed by atoms with E-state index in [1.54, 1.807) is 6.07 Å². The monoisotopic (exact) mass is 422 g/mol. The Hall–Kier alpha value is -2.43. The molecule has 0 radical (unpaired) electrons. The van der Waals surface area contributed by atoms with Crippen molar-refractivity contribution in [3.8, 4) is 6.07 Å². The van der Waals surface area contributed by atoms with Crippen molar-refractivity contribution in [2.45, 2.75) is 24.8 Å². The Kier molecular flexibility index (Phi) is 4.77. The molecule has 0 saturated carbocycles. The minimum absolute atomic E-state index is 0.0203. The van der Waals surface area contributed by atoms with Crippen LogP contribution in [-0.4, -0.2) is 59.3 Å². The minimum atomic E-state index is -5.14. The molecule has 2 aromatic rings. The zero-order chi connectivity index (χ0) is 20.9. The number of fused-ring (bicyclic) bond motifs is 1. The molecule has 0 aromatic carbocycles. The third-order valence-corrected chi connectivity index (χ3v) is 5.16. The zero-order valence-corrected chi connectivity index (χ0v) is 15.1. The number of nitriles is 1. The second-order valence-electron chi connectivity index (χ2n) is 6.50. The molecular formula is C15H14F4N4O4S. The van der Waals surface area contributed by atoms with E-state index >= 15 is 0 Å². The molecule has 2 aromatic heterocycles. The summed E-state index contributed by atoms with van der Waals surface area (Å²) in [7, 11) is -5.05. The minimum Gasteiger partial charge on any atom is -0.364 e. The highest BCUT2D eigenvalue weighted by Gasteiger charge is 2.61. The number of nitrogens with zero attached hydrogens (tertiary/aromatic N) is 4. The molecule has 8 nitrogen and oxygen atoms in total. The molecular weight excluding hydrogens is 408 g/mol. The van der Waals surface area contributed by atoms with E-state index in [4.69, 9.17) is 14.6 Å². The fourth-order valence-corrected chi connectivity index (χ4v) is 4.24. The Morgan fingerprint density at radius 2 is 2.14 bits per heavy atom. The summed E-state index contributed by atoms with van der Waals surface area (Å²) in [5.74, 6) is -2.57. The quantitative estimate of drug-likeness (QED) is 0.593. The maximum Gasteiger partial charge on any atom is 0.420 e. The van der Waals surface area contributed by atoms with Gasteiger partial charge < -0.3 is 9.64 Å². The van der Waals surface area contributed by atoms with Gasteiger partial charge in [-0.25, -0.2) is 8.91 Å². The van der Waals surface area contributed by atoms with Crippen LogP contribution in [0.15, 0.2) is 18.3 Å². The van der Waals surface area contributed by atoms with Crippen LogP contribution in [0.2, 0.25) is 0 Å². The van der Waals surface area contributed by atoms with Gasteiger partial charge in [0.05, 0.1) is 24.5 Å². The van der Waals surface area contributed by atoms with Crippen molar-refractivity contribution in [2.24, 2.45) is 0 Å². The summed E-state index contributed by atoms with van der Waals surface area (Å²) in [6.07, 6.45) is -5.42. The molecule has 152 valence electrons. The SMILES string of the molecule is C[C@@H]1CN(c2ccc(C#N)n3ncc(F)c23)C[C@](CS(=O)(=O)O)(C(F)(F)F)O1. The molecule has 0 amide bonds. The van der Waals surface area contributed by atoms with Crippen LogP contribution in [0.5, 0.6) is 0 Å². The summed E-state index contributed by atoms with van der Waals surface area (Å²) in [5.41, 5.74) is -3.51. The number of ether oxygens (including phenoxy) is 1. The summed E-state index contributed by atoms with van der Waals surface area (Å²) >= 11 is 0. The van der Waals surface area contributed by atoms with Crippen molar-refractivity contribution in [1.29, 1.82) is 5.26 Å². The summed E-state index contributed by atoms with van der Waals surface area (Å²) < 4.78 is 93.1. The van der Waals surface area contributed by atoms with Crippen LogP contribution in [0.1, 0.15) is 12.6 Å². The highest BCUT2D eigenvalue weighted by molar-refractivity contribution is 7.85. The van der Waals surface area contributed by atoms with E-state index in [-0.39, 0.29) is 23.4 Å². The summed E-state index contributed by atoms with van der Waals surface area (Å²) in [6.45, 7) is 0.173. The van der Waals surface area contributed by atoms with E-state index in [1.165, 1.54) is 19.1 Å². The lowest BCUT2D eigenvalue weighted by molar-refractivity contribution is -0.283. The van der Waals surface area contributed by atoms with Crippen LogP contribution in [0.4, 0.5) is 23.2 Å². The maximum absolute atomic E-state index is 14.3. The number of hydrogen-bond acceptors (Lipinski definition) is 6. The van der Waals surface area contributed by atoms with Gasteiger partial charge in [0.25, 0.3) is 10.1 Å². The summed E-state index contributed by atoms with van der Waals surface area (Å²) in [6, 6.07) is 4.30. The maximum atomic E-state index is 14.3. The van der Waals surface area contributed by atoms with Gasteiger partial charge >= 0.3 is 6.18 Å². The normalized spacial score (nSPS) is 23.8. The largest absolute Gasteiger partial charge is 0.420 e. The van der Waals surface area contributed by atoms with Gasteiger partial charge in [-0.2, -0.15) is 31.9 Å². The van der Waals surface area contributed by atoms with Crippen LogP contribution in [0, 0.1) is 17.1 Å². The predicted molar refractivity (Wildman–Crippen MR) is 87.8 cm³/mol. The van der Waals surface area contributed by atoms with Gasteiger partial charge in [-0.3, -0.25) is 4.55 Å². The molecule has 1 fully saturated rings. The Labute approximate surface area is 156 Å². The van der Waals surface area contributed by atoms with E-state index in [1.807, 2.05) is 0 Å². The number of aromatic nitrogens is 2. The Balaban J connectivity index is 2.15. The number of anilines is 1. The molecule has 3 rings (SSSR count). The highest BCUT2D eigenvalue weighted by Crippen LogP contribution is 2.41. The standard InChI is InChI=1S/C15H14F4N4O4S/c1-9-6-22(7-14(27-9,15(17,18)19)8-28(24,25)26)12-3-2-10(4-20)23-13(12)11(16)5-21-23/h2-3,5,9H,6-8H2,1H3,(H,24,25,26)/t9-,14+/m1/s1. The average molecular weight is 422 g/mol. The predicted octanol–water partition coefficient (Wildman–Crippen LogP) is 1.76. The van der Waals surface area contributed by atoms with E-state index in [9.17, 15) is 26.0 Å². The van der Waals surface area contributed by atoms with Crippen LogP contribution in [0.3, 0.4) is 0 Å². The van der Waals surface area contributed by atoms with E-state index < -0.39 is 46.1 Å². The van der Waals surface area contributed by atoms with Crippen LogP contribution in [0.25, 0.3) is 5.52 Å². The smallest absolute Gasteiger partial charge is 0.364 e.